The van der Waals surface area contributed by atoms with Crippen LogP contribution in [0.15, 0.2) is 45.7 Å². The van der Waals surface area contributed by atoms with Crippen LogP contribution in [-0.2, 0) is 6.18 Å². The van der Waals surface area contributed by atoms with Crippen LogP contribution >= 0.6 is 11.6 Å². The highest BCUT2D eigenvalue weighted by molar-refractivity contribution is 6.33. The largest absolute Gasteiger partial charge is 0.506 e. The van der Waals surface area contributed by atoms with Crippen LogP contribution in [-0.4, -0.2) is 20.0 Å². The molecule has 4 aromatic rings. The molecule has 3 aromatic heterocycles. The number of imidazole rings is 1. The Labute approximate surface area is 204 Å². The van der Waals surface area contributed by atoms with Gasteiger partial charge in [-0.2, -0.15) is 13.2 Å². The van der Waals surface area contributed by atoms with Crippen LogP contribution in [0.4, 0.5) is 19.0 Å². The summed E-state index contributed by atoms with van der Waals surface area (Å²) in [5, 5.41) is 14.3. The maximum absolute atomic E-state index is 13.6. The molecule has 0 radical (unpaired) electrons. The van der Waals surface area contributed by atoms with E-state index >= 15 is 0 Å². The first-order valence-electron chi connectivity index (χ1n) is 10.9. The molecule has 0 aliphatic carbocycles. The van der Waals surface area contributed by atoms with Crippen molar-refractivity contribution in [2.45, 2.75) is 52.8 Å². The molecule has 35 heavy (non-hydrogen) atoms. The Balaban J connectivity index is 2.06. The quantitative estimate of drug-likeness (QED) is 0.288. The van der Waals surface area contributed by atoms with E-state index in [0.717, 1.165) is 12.3 Å². The molecule has 1 aromatic carbocycles. The predicted octanol–water partition coefficient (Wildman–Crippen LogP) is 7.11. The van der Waals surface area contributed by atoms with Crippen LogP contribution in [0.5, 0.6) is 5.75 Å². The summed E-state index contributed by atoms with van der Waals surface area (Å²) >= 11 is 6.22. The van der Waals surface area contributed by atoms with Crippen molar-refractivity contribution >= 4 is 34.0 Å². The molecule has 0 saturated carbocycles. The van der Waals surface area contributed by atoms with Crippen molar-refractivity contribution in [1.82, 2.24) is 9.38 Å². The number of nitrogens with zero attached hydrogens (tertiary/aromatic N) is 2. The third-order valence-corrected chi connectivity index (χ3v) is 5.73. The average Bonchev–Trinajstić information content (AvgIpc) is 3.03. The summed E-state index contributed by atoms with van der Waals surface area (Å²) in [6, 6.07) is 7.18. The lowest BCUT2D eigenvalue weighted by molar-refractivity contribution is -0.137. The Bertz CT molecular complexity index is 1500. The van der Waals surface area contributed by atoms with E-state index in [4.69, 9.17) is 16.0 Å². The first kappa shape index (κ1) is 24.9. The third-order valence-electron chi connectivity index (χ3n) is 5.45. The normalized spacial score (nSPS) is 13.1. The van der Waals surface area contributed by atoms with Crippen LogP contribution in [0.1, 0.15) is 46.6 Å². The lowest BCUT2D eigenvalue weighted by Gasteiger charge is -2.34. The summed E-state index contributed by atoms with van der Waals surface area (Å²) < 4.78 is 47.4. The summed E-state index contributed by atoms with van der Waals surface area (Å²) in [4.78, 5) is 17.4. The zero-order valence-corrected chi connectivity index (χ0v) is 20.6. The van der Waals surface area contributed by atoms with E-state index in [0.29, 0.717) is 6.42 Å². The third kappa shape index (κ3) is 4.82. The number of pyridine rings is 1. The van der Waals surface area contributed by atoms with Crippen molar-refractivity contribution in [3.63, 3.8) is 0 Å². The number of anilines is 1. The average molecular weight is 508 g/mol. The monoisotopic (exact) mass is 507 g/mol. The van der Waals surface area contributed by atoms with Crippen molar-refractivity contribution in [3.8, 4) is 17.0 Å². The molecule has 10 heteroatoms. The fourth-order valence-electron chi connectivity index (χ4n) is 4.59. The summed E-state index contributed by atoms with van der Waals surface area (Å²) in [6.45, 7) is 9.88. The predicted molar refractivity (Wildman–Crippen MR) is 130 cm³/mol. The first-order valence-corrected chi connectivity index (χ1v) is 11.3. The second-order valence-corrected chi connectivity index (χ2v) is 10.8. The molecule has 0 saturated heterocycles. The Hall–Kier alpha value is -3.20. The smallest absolute Gasteiger partial charge is 0.417 e. The van der Waals surface area contributed by atoms with Crippen molar-refractivity contribution < 1.29 is 22.7 Å². The maximum Gasteiger partial charge on any atom is 0.417 e. The number of halogens is 4. The van der Waals surface area contributed by atoms with Crippen molar-refractivity contribution in [3.05, 3.63) is 57.5 Å². The van der Waals surface area contributed by atoms with Crippen molar-refractivity contribution in [2.75, 3.05) is 5.32 Å². The Morgan fingerprint density at radius 2 is 1.80 bits per heavy atom. The zero-order chi connectivity index (χ0) is 25.9. The van der Waals surface area contributed by atoms with E-state index in [1.54, 1.807) is 18.2 Å². The van der Waals surface area contributed by atoms with Crippen LogP contribution < -0.4 is 10.9 Å². The molecule has 3 heterocycles. The molecule has 0 aliphatic heterocycles. The van der Waals surface area contributed by atoms with Crippen LogP contribution in [0, 0.1) is 5.41 Å². The summed E-state index contributed by atoms with van der Waals surface area (Å²) in [5.74, 6) is -0.302. The van der Waals surface area contributed by atoms with Gasteiger partial charge in [0.15, 0.2) is 5.65 Å². The zero-order valence-electron chi connectivity index (χ0n) is 19.8. The van der Waals surface area contributed by atoms with Gasteiger partial charge in [0.05, 0.1) is 16.0 Å². The minimum atomic E-state index is -4.66. The number of rotatable bonds is 4. The van der Waals surface area contributed by atoms with Gasteiger partial charge in [-0.15, -0.1) is 0 Å². The molecule has 4 rings (SSSR count). The molecule has 0 amide bonds. The van der Waals surface area contributed by atoms with E-state index in [1.165, 1.54) is 10.5 Å². The molecule has 0 atom stereocenters. The number of aromatic hydroxyl groups is 1. The number of fused-ring (bicyclic) bond motifs is 2. The van der Waals surface area contributed by atoms with Gasteiger partial charge in [-0.25, -0.2) is 9.78 Å². The summed E-state index contributed by atoms with van der Waals surface area (Å²) in [7, 11) is 0. The van der Waals surface area contributed by atoms with E-state index in [1.807, 2.05) is 34.6 Å². The highest BCUT2D eigenvalue weighted by Crippen LogP contribution is 2.41. The standard InChI is InChI=1S/C25H25ClF3N3O3/c1-23(2,3)12-24(4,5)31-21-18(17-19(33)14-8-6-7-9-16(14)35-22(17)34)30-20-15(26)10-13(11-32(20)21)25(27,28)29/h6-11,31,33H,12H2,1-5H3. The molecular weight excluding hydrogens is 483 g/mol. The molecular formula is C25H25ClF3N3O3. The second-order valence-electron chi connectivity index (χ2n) is 10.4. The van der Waals surface area contributed by atoms with Gasteiger partial charge in [0.25, 0.3) is 0 Å². The lowest BCUT2D eigenvalue weighted by atomic mass is 9.82. The highest BCUT2D eigenvalue weighted by atomic mass is 35.5. The Morgan fingerprint density at radius 3 is 2.43 bits per heavy atom. The molecule has 6 nitrogen and oxygen atoms in total. The van der Waals surface area contributed by atoms with Crippen LogP contribution in [0.2, 0.25) is 5.02 Å². The Morgan fingerprint density at radius 1 is 1.14 bits per heavy atom. The van der Waals surface area contributed by atoms with Gasteiger partial charge in [-0.1, -0.05) is 44.5 Å². The van der Waals surface area contributed by atoms with Gasteiger partial charge in [-0.3, -0.25) is 4.40 Å². The number of para-hydroxylation sites is 1. The van der Waals surface area contributed by atoms with E-state index in [-0.39, 0.29) is 49.9 Å². The van der Waals surface area contributed by atoms with Crippen LogP contribution in [0.25, 0.3) is 27.9 Å². The number of hydrogen-bond donors (Lipinski definition) is 2. The van der Waals surface area contributed by atoms with Gasteiger partial charge in [0, 0.05) is 11.7 Å². The molecule has 0 unspecified atom stereocenters. The van der Waals surface area contributed by atoms with E-state index < -0.39 is 22.9 Å². The second kappa shape index (κ2) is 8.19. The lowest BCUT2D eigenvalue weighted by Crippen LogP contribution is -2.36. The van der Waals surface area contributed by atoms with Gasteiger partial charge >= 0.3 is 11.8 Å². The molecule has 0 spiro atoms. The maximum atomic E-state index is 13.6. The van der Waals surface area contributed by atoms with Gasteiger partial charge in [0.1, 0.15) is 28.4 Å². The SMILES string of the molecule is CC(C)(C)CC(C)(C)Nc1c(-c2c(O)c3ccccc3oc2=O)nc2c(Cl)cc(C(F)(F)F)cn12. The van der Waals surface area contributed by atoms with E-state index in [9.17, 15) is 23.1 Å². The number of benzene rings is 1. The van der Waals surface area contributed by atoms with Gasteiger partial charge in [-0.05, 0) is 43.9 Å². The minimum absolute atomic E-state index is 0.00400. The molecule has 0 fully saturated rings. The molecule has 186 valence electrons. The number of aromatic nitrogens is 2. The summed E-state index contributed by atoms with van der Waals surface area (Å²) in [5.41, 5.74) is -2.81. The first-order chi connectivity index (χ1) is 16.1. The molecule has 2 N–H and O–H groups in total. The fourth-order valence-corrected chi connectivity index (χ4v) is 4.84. The summed E-state index contributed by atoms with van der Waals surface area (Å²) in [6.07, 6.45) is -3.17. The molecule has 0 bridgehead atoms. The van der Waals surface area contributed by atoms with Crippen molar-refractivity contribution in [1.29, 1.82) is 0 Å². The fraction of sp³-hybridized carbons (Fsp3) is 0.360. The van der Waals surface area contributed by atoms with E-state index in [2.05, 4.69) is 10.3 Å². The van der Waals surface area contributed by atoms with Crippen molar-refractivity contribution in [2.24, 2.45) is 5.41 Å². The van der Waals surface area contributed by atoms with Gasteiger partial charge < -0.3 is 14.8 Å². The number of nitrogens with one attached hydrogen (secondary N) is 1. The molecule has 0 aliphatic rings. The topological polar surface area (TPSA) is 79.8 Å². The number of alkyl halides is 3. The van der Waals surface area contributed by atoms with Crippen LogP contribution in [0.3, 0.4) is 0 Å². The number of hydrogen-bond acceptors (Lipinski definition) is 5. The minimum Gasteiger partial charge on any atom is -0.506 e. The van der Waals surface area contributed by atoms with Gasteiger partial charge in [0.2, 0.25) is 0 Å². The Kier molecular flexibility index (Phi) is 5.83. The highest BCUT2D eigenvalue weighted by Gasteiger charge is 2.35.